The molecule has 440 valence electrons. The maximum absolute atomic E-state index is 12.8. The lowest BCUT2D eigenvalue weighted by Crippen LogP contribution is -2.66. The van der Waals surface area contributed by atoms with E-state index in [2.05, 4.69) is 27.7 Å². The first kappa shape index (κ1) is 58.5. The summed E-state index contributed by atoms with van der Waals surface area (Å²) in [7, 11) is 0. The van der Waals surface area contributed by atoms with Crippen LogP contribution in [0.15, 0.2) is 11.1 Å². The van der Waals surface area contributed by atoms with Gasteiger partial charge >= 0.3 is 5.97 Å². The summed E-state index contributed by atoms with van der Waals surface area (Å²) in [6.45, 7) is 11.9. The van der Waals surface area contributed by atoms with Gasteiger partial charge in [0.25, 0.3) is 0 Å². The van der Waals surface area contributed by atoms with Crippen LogP contribution in [0.3, 0.4) is 0 Å². The highest BCUT2D eigenvalue weighted by Gasteiger charge is 2.76. The summed E-state index contributed by atoms with van der Waals surface area (Å²) in [6, 6.07) is 0. The molecule has 2 saturated carbocycles. The zero-order valence-electron chi connectivity index (χ0n) is 44.9. The Labute approximate surface area is 447 Å². The van der Waals surface area contributed by atoms with E-state index in [-0.39, 0.29) is 34.7 Å². The van der Waals surface area contributed by atoms with Gasteiger partial charge in [0.05, 0.1) is 50.2 Å². The standard InChI is InChI=1S/C53H84O24/c1-21-16-53(42(66)22(2)43(67)76-53)77-52(21)15-14-50(6)25-8-9-29-48(4,24(25)10-13-51(50,52)7)12-11-30(49(29,5)20-55)73-45-39(65)36(62)34(60)28(72-45)19-69-46-40(32(58)26(56)18-68-46)75-47-41(37(63)33(59)27(17-54)71-47)74-44-38(64)35(61)31(57)23(3)70-44/h21-23,26-42,44-47,54-66H,8-20H2,1-7H3. The van der Waals surface area contributed by atoms with Gasteiger partial charge in [-0.1, -0.05) is 45.8 Å². The highest BCUT2D eigenvalue weighted by Crippen LogP contribution is 2.76. The molecule has 6 saturated heterocycles. The van der Waals surface area contributed by atoms with Crippen molar-refractivity contribution in [1.82, 2.24) is 0 Å². The number of carbonyl (C=O) groups is 1. The van der Waals surface area contributed by atoms with Crippen molar-refractivity contribution in [3.05, 3.63) is 11.1 Å². The molecule has 30 atom stereocenters. The van der Waals surface area contributed by atoms with Gasteiger partial charge in [0.1, 0.15) is 91.6 Å². The van der Waals surface area contributed by atoms with Crippen molar-refractivity contribution in [2.75, 3.05) is 26.4 Å². The fourth-order valence-electron chi connectivity index (χ4n) is 16.4. The summed E-state index contributed by atoms with van der Waals surface area (Å²) in [5.41, 5.74) is 0.329. The number of esters is 1. The van der Waals surface area contributed by atoms with Gasteiger partial charge in [-0.15, -0.1) is 0 Å². The molecule has 2 spiro atoms. The van der Waals surface area contributed by atoms with Crippen LogP contribution in [0.4, 0.5) is 0 Å². The maximum Gasteiger partial charge on any atom is 0.314 e. The average molecular weight is 1110 g/mol. The van der Waals surface area contributed by atoms with E-state index in [0.717, 1.165) is 38.5 Å². The third kappa shape index (κ3) is 8.87. The smallest absolute Gasteiger partial charge is 0.314 e. The van der Waals surface area contributed by atoms with Crippen LogP contribution in [0.25, 0.3) is 0 Å². The number of aliphatic hydroxyl groups excluding tert-OH is 13. The molecule has 8 fully saturated rings. The monoisotopic (exact) mass is 1100 g/mol. The molecular weight excluding hydrogens is 1020 g/mol. The summed E-state index contributed by atoms with van der Waals surface area (Å²) < 4.78 is 60.7. The number of rotatable bonds is 11. The second-order valence-corrected chi connectivity index (χ2v) is 25.2. The van der Waals surface area contributed by atoms with Gasteiger partial charge in [-0.2, -0.15) is 0 Å². The van der Waals surface area contributed by atoms with Crippen molar-refractivity contribution in [2.24, 2.45) is 39.4 Å². The Kier molecular flexibility index (Phi) is 15.9. The van der Waals surface area contributed by atoms with Crippen LogP contribution in [0.2, 0.25) is 0 Å². The molecule has 0 radical (unpaired) electrons. The molecule has 13 N–H and O–H groups in total. The van der Waals surface area contributed by atoms with E-state index in [4.69, 9.17) is 47.4 Å². The molecule has 30 unspecified atom stereocenters. The largest absolute Gasteiger partial charge is 0.430 e. The minimum Gasteiger partial charge on any atom is -0.430 e. The molecule has 6 aliphatic heterocycles. The molecule has 4 aliphatic carbocycles. The number of hydrogen-bond acceptors (Lipinski definition) is 24. The van der Waals surface area contributed by atoms with Gasteiger partial charge in [-0.05, 0) is 87.9 Å². The minimum atomic E-state index is -1.92. The van der Waals surface area contributed by atoms with Crippen LogP contribution in [0, 0.1) is 39.4 Å². The summed E-state index contributed by atoms with van der Waals surface area (Å²) in [4.78, 5) is 12.8. The van der Waals surface area contributed by atoms with Gasteiger partial charge in [0, 0.05) is 17.3 Å². The predicted octanol–water partition coefficient (Wildman–Crippen LogP) is -2.54. The highest BCUT2D eigenvalue weighted by molar-refractivity contribution is 5.76. The minimum absolute atomic E-state index is 0.0149. The van der Waals surface area contributed by atoms with E-state index in [1.807, 2.05) is 6.92 Å². The van der Waals surface area contributed by atoms with Crippen molar-refractivity contribution >= 4 is 5.97 Å². The number of ether oxygens (including phenoxy) is 10. The van der Waals surface area contributed by atoms with Crippen molar-refractivity contribution < 1.29 is 119 Å². The van der Waals surface area contributed by atoms with Crippen molar-refractivity contribution in [3.8, 4) is 0 Å². The first-order valence-electron chi connectivity index (χ1n) is 27.7. The average Bonchev–Trinajstić information content (AvgIpc) is 3.89. The zero-order chi connectivity index (χ0) is 55.9. The Morgan fingerprint density at radius 2 is 1.26 bits per heavy atom. The van der Waals surface area contributed by atoms with E-state index in [9.17, 15) is 71.2 Å². The van der Waals surface area contributed by atoms with Crippen LogP contribution in [-0.4, -0.2) is 239 Å². The summed E-state index contributed by atoms with van der Waals surface area (Å²) in [6.07, 6.45) is -27.3. The lowest BCUT2D eigenvalue weighted by atomic mass is 9.42. The van der Waals surface area contributed by atoms with Crippen molar-refractivity contribution in [2.45, 2.75) is 247 Å². The quantitative estimate of drug-likeness (QED) is 0.0749. The van der Waals surface area contributed by atoms with Gasteiger partial charge < -0.3 is 114 Å². The molecule has 0 amide bonds. The third-order valence-electron chi connectivity index (χ3n) is 21.3. The summed E-state index contributed by atoms with van der Waals surface area (Å²) in [5.74, 6) is -2.57. The molecule has 24 nitrogen and oxygen atoms in total. The Balaban J connectivity index is 0.832. The van der Waals surface area contributed by atoms with Crippen LogP contribution < -0.4 is 0 Å². The summed E-state index contributed by atoms with van der Waals surface area (Å²) >= 11 is 0. The van der Waals surface area contributed by atoms with Crippen molar-refractivity contribution in [1.29, 1.82) is 0 Å². The molecule has 6 heterocycles. The van der Waals surface area contributed by atoms with Crippen LogP contribution >= 0.6 is 0 Å². The SMILES string of the molecule is CC1OC(OC2C(OC3C(OCC4OC(OC5CCC6(C)C7=C(CCC6C5(C)CO)C5(C)CCC6(OC8(CC6C)OC(=O)C(C)C8O)C5(C)CC7)C(O)C(O)C4O)OCC(O)C3O)OC(CO)C(O)C2O)C(O)C(O)C1O. The molecular formula is C53H84O24. The number of allylic oxidation sites excluding steroid dienone is 2. The van der Waals surface area contributed by atoms with E-state index >= 15 is 0 Å². The Bertz CT molecular complexity index is 2190. The van der Waals surface area contributed by atoms with Crippen molar-refractivity contribution in [3.63, 3.8) is 0 Å². The van der Waals surface area contributed by atoms with E-state index in [0.29, 0.717) is 19.3 Å². The molecule has 0 aromatic carbocycles. The Hall–Kier alpha value is -1.67. The van der Waals surface area contributed by atoms with Gasteiger partial charge in [0.2, 0.25) is 5.79 Å². The van der Waals surface area contributed by atoms with Crippen LogP contribution in [-0.2, 0) is 52.2 Å². The topological polar surface area (TPSA) is 372 Å². The number of hydrogen-bond donors (Lipinski definition) is 13. The second kappa shape index (κ2) is 20.9. The van der Waals surface area contributed by atoms with E-state index < -0.39 is 177 Å². The normalized spacial score (nSPS) is 56.8. The number of aliphatic hydroxyl groups is 13. The van der Waals surface area contributed by atoms with Gasteiger partial charge in [0.15, 0.2) is 25.2 Å². The Morgan fingerprint density at radius 3 is 1.92 bits per heavy atom. The molecule has 0 bridgehead atoms. The summed E-state index contributed by atoms with van der Waals surface area (Å²) in [5, 5.41) is 142. The molecule has 24 heteroatoms. The fraction of sp³-hybridized carbons (Fsp3) is 0.943. The predicted molar refractivity (Wildman–Crippen MR) is 258 cm³/mol. The molecule has 0 aromatic rings. The number of fused-ring (bicyclic) bond motifs is 5. The second-order valence-electron chi connectivity index (χ2n) is 25.2. The number of carbonyl (C=O) groups excluding carboxylic acids is 1. The lowest BCUT2D eigenvalue weighted by Gasteiger charge is -2.63. The maximum atomic E-state index is 12.8. The van der Waals surface area contributed by atoms with E-state index in [1.165, 1.54) is 18.1 Å². The van der Waals surface area contributed by atoms with Crippen LogP contribution in [0.1, 0.15) is 106 Å². The first-order chi connectivity index (χ1) is 36.2. The zero-order valence-corrected chi connectivity index (χ0v) is 44.9. The van der Waals surface area contributed by atoms with Crippen LogP contribution in [0.5, 0.6) is 0 Å². The Morgan fingerprint density at radius 1 is 0.623 bits per heavy atom. The lowest BCUT2D eigenvalue weighted by molar-refractivity contribution is -0.390. The fourth-order valence-corrected chi connectivity index (χ4v) is 16.4. The highest BCUT2D eigenvalue weighted by atomic mass is 16.8. The van der Waals surface area contributed by atoms with Gasteiger partial charge in [-0.25, -0.2) is 0 Å². The molecule has 0 aromatic heterocycles. The van der Waals surface area contributed by atoms with Gasteiger partial charge in [-0.3, -0.25) is 4.79 Å². The molecule has 77 heavy (non-hydrogen) atoms. The van der Waals surface area contributed by atoms with E-state index in [1.54, 1.807) is 6.92 Å². The third-order valence-corrected chi connectivity index (χ3v) is 21.3. The molecule has 10 aliphatic rings. The first-order valence-corrected chi connectivity index (χ1v) is 27.7. The molecule has 10 rings (SSSR count).